The molecule has 0 atom stereocenters. The van der Waals surface area contributed by atoms with Gasteiger partial charge in [0.15, 0.2) is 0 Å². The molecule has 0 fully saturated rings. The molecular formula is C18H10BrNO. The average molecular weight is 336 g/mol. The summed E-state index contributed by atoms with van der Waals surface area (Å²) in [6.45, 7) is 0. The minimum absolute atomic E-state index is 0.928. The molecule has 0 bridgehead atoms. The molecular weight excluding hydrogens is 326 g/mol. The van der Waals surface area contributed by atoms with Crippen LogP contribution in [0.4, 0.5) is 0 Å². The van der Waals surface area contributed by atoms with E-state index in [1.54, 1.807) is 0 Å². The van der Waals surface area contributed by atoms with Gasteiger partial charge in [0.1, 0.15) is 11.2 Å². The lowest BCUT2D eigenvalue weighted by Crippen LogP contribution is -1.73. The third-order valence-corrected chi connectivity index (χ3v) is 4.70. The van der Waals surface area contributed by atoms with Crippen molar-refractivity contribution in [1.29, 1.82) is 0 Å². The van der Waals surface area contributed by atoms with Crippen molar-refractivity contribution < 1.29 is 4.42 Å². The van der Waals surface area contributed by atoms with Gasteiger partial charge in [-0.25, -0.2) is 0 Å². The van der Waals surface area contributed by atoms with Crippen LogP contribution in [-0.4, -0.2) is 4.98 Å². The third-order valence-electron chi connectivity index (χ3n) is 4.08. The third kappa shape index (κ3) is 1.41. The van der Waals surface area contributed by atoms with Crippen LogP contribution in [0.3, 0.4) is 0 Å². The van der Waals surface area contributed by atoms with Gasteiger partial charge < -0.3 is 9.40 Å². The zero-order valence-electron chi connectivity index (χ0n) is 11.0. The van der Waals surface area contributed by atoms with Crippen molar-refractivity contribution in [3.63, 3.8) is 0 Å². The summed E-state index contributed by atoms with van der Waals surface area (Å²) >= 11 is 3.69. The molecule has 0 amide bonds. The maximum absolute atomic E-state index is 6.15. The standard InChI is InChI=1S/C18H10BrNO/c19-13-9-12-10-5-2-4-8-15(10)21-18(12)16-11-6-1-3-7-14(11)20-17(13)16/h1-9,20H. The first kappa shape index (κ1) is 11.4. The summed E-state index contributed by atoms with van der Waals surface area (Å²) in [6, 6.07) is 18.6. The highest BCUT2D eigenvalue weighted by atomic mass is 79.9. The molecule has 0 saturated carbocycles. The molecule has 0 unspecified atom stereocenters. The van der Waals surface area contributed by atoms with Crippen molar-refractivity contribution in [2.75, 3.05) is 0 Å². The monoisotopic (exact) mass is 335 g/mol. The van der Waals surface area contributed by atoms with Gasteiger partial charge in [-0.15, -0.1) is 0 Å². The lowest BCUT2D eigenvalue weighted by atomic mass is 10.1. The van der Waals surface area contributed by atoms with E-state index in [0.29, 0.717) is 0 Å². The zero-order chi connectivity index (χ0) is 14.0. The Morgan fingerprint density at radius 1 is 0.857 bits per heavy atom. The number of hydrogen-bond donors (Lipinski definition) is 1. The highest BCUT2D eigenvalue weighted by molar-refractivity contribution is 9.10. The zero-order valence-corrected chi connectivity index (χ0v) is 12.6. The van der Waals surface area contributed by atoms with E-state index in [1.165, 1.54) is 5.39 Å². The molecule has 2 aromatic heterocycles. The van der Waals surface area contributed by atoms with Crippen molar-refractivity contribution in [1.82, 2.24) is 4.98 Å². The quantitative estimate of drug-likeness (QED) is 0.370. The van der Waals surface area contributed by atoms with Crippen molar-refractivity contribution in [3.8, 4) is 0 Å². The minimum atomic E-state index is 0.928. The fourth-order valence-electron chi connectivity index (χ4n) is 3.15. The van der Waals surface area contributed by atoms with Gasteiger partial charge in [0.25, 0.3) is 0 Å². The summed E-state index contributed by atoms with van der Waals surface area (Å²) in [5.74, 6) is 0. The Morgan fingerprint density at radius 2 is 1.62 bits per heavy atom. The van der Waals surface area contributed by atoms with Crippen LogP contribution in [0.25, 0.3) is 43.7 Å². The maximum atomic E-state index is 6.15. The lowest BCUT2D eigenvalue weighted by molar-refractivity contribution is 0.673. The highest BCUT2D eigenvalue weighted by Crippen LogP contribution is 2.40. The van der Waals surface area contributed by atoms with Crippen LogP contribution < -0.4 is 0 Å². The van der Waals surface area contributed by atoms with Gasteiger partial charge in [0.2, 0.25) is 0 Å². The van der Waals surface area contributed by atoms with Crippen LogP contribution >= 0.6 is 15.9 Å². The van der Waals surface area contributed by atoms with Crippen LogP contribution in [0, 0.1) is 0 Å². The first-order valence-electron chi connectivity index (χ1n) is 6.83. The Morgan fingerprint density at radius 3 is 2.52 bits per heavy atom. The van der Waals surface area contributed by atoms with E-state index >= 15 is 0 Å². The van der Waals surface area contributed by atoms with Crippen LogP contribution in [-0.2, 0) is 0 Å². The molecule has 100 valence electrons. The molecule has 21 heavy (non-hydrogen) atoms. The topological polar surface area (TPSA) is 28.9 Å². The van der Waals surface area contributed by atoms with E-state index in [2.05, 4.69) is 51.2 Å². The normalized spacial score (nSPS) is 12.0. The molecule has 0 aliphatic heterocycles. The van der Waals surface area contributed by atoms with Crippen LogP contribution in [0.1, 0.15) is 0 Å². The molecule has 3 aromatic carbocycles. The van der Waals surface area contributed by atoms with Gasteiger partial charge in [-0.1, -0.05) is 36.4 Å². The van der Waals surface area contributed by atoms with E-state index in [-0.39, 0.29) is 0 Å². The molecule has 5 rings (SSSR count). The fraction of sp³-hybridized carbons (Fsp3) is 0. The SMILES string of the molecule is Brc1cc2c3ccccc3oc2c2c1[nH]c1ccccc12. The number of benzene rings is 3. The molecule has 0 aliphatic carbocycles. The van der Waals surface area contributed by atoms with E-state index in [0.717, 1.165) is 42.8 Å². The van der Waals surface area contributed by atoms with E-state index < -0.39 is 0 Å². The Kier molecular flexibility index (Phi) is 2.11. The summed E-state index contributed by atoms with van der Waals surface area (Å²) < 4.78 is 7.21. The number of aromatic amines is 1. The van der Waals surface area contributed by atoms with Crippen molar-refractivity contribution >= 4 is 59.7 Å². The number of rotatable bonds is 0. The molecule has 0 spiro atoms. The van der Waals surface area contributed by atoms with Crippen LogP contribution in [0.15, 0.2) is 63.5 Å². The highest BCUT2D eigenvalue weighted by Gasteiger charge is 2.16. The number of furan rings is 1. The predicted octanol–water partition coefficient (Wildman–Crippen LogP) is 5.98. The van der Waals surface area contributed by atoms with Crippen LogP contribution in [0.2, 0.25) is 0 Å². The van der Waals surface area contributed by atoms with Crippen LogP contribution in [0.5, 0.6) is 0 Å². The fourth-order valence-corrected chi connectivity index (χ4v) is 3.68. The molecule has 5 aromatic rings. The Labute approximate surface area is 128 Å². The second-order valence-corrected chi connectivity index (χ2v) is 6.11. The lowest BCUT2D eigenvalue weighted by Gasteiger charge is -1.97. The number of nitrogens with one attached hydrogen (secondary N) is 1. The van der Waals surface area contributed by atoms with E-state index in [9.17, 15) is 0 Å². The van der Waals surface area contributed by atoms with Gasteiger partial charge in [0.05, 0.1) is 10.9 Å². The molecule has 0 radical (unpaired) electrons. The summed E-state index contributed by atoms with van der Waals surface area (Å²) in [4.78, 5) is 3.48. The number of fused-ring (bicyclic) bond motifs is 7. The van der Waals surface area contributed by atoms with Gasteiger partial charge in [-0.3, -0.25) is 0 Å². The molecule has 0 saturated heterocycles. The number of halogens is 1. The first-order valence-corrected chi connectivity index (χ1v) is 7.62. The maximum Gasteiger partial charge on any atom is 0.145 e. The van der Waals surface area contributed by atoms with E-state index in [4.69, 9.17) is 4.42 Å². The number of H-pyrrole nitrogens is 1. The number of para-hydroxylation sites is 2. The Bertz CT molecular complexity index is 1150. The summed E-state index contributed by atoms with van der Waals surface area (Å²) in [5.41, 5.74) is 4.09. The van der Waals surface area contributed by atoms with E-state index in [1.807, 2.05) is 24.3 Å². The Balaban J connectivity index is 2.17. The molecule has 2 heterocycles. The molecule has 0 aliphatic rings. The summed E-state index contributed by atoms with van der Waals surface area (Å²) in [6.07, 6.45) is 0. The average Bonchev–Trinajstić information content (AvgIpc) is 3.06. The molecule has 1 N–H and O–H groups in total. The summed E-state index contributed by atoms with van der Waals surface area (Å²) in [7, 11) is 0. The number of aromatic nitrogens is 1. The smallest absolute Gasteiger partial charge is 0.145 e. The van der Waals surface area contributed by atoms with Gasteiger partial charge in [-0.05, 0) is 34.1 Å². The Hall–Kier alpha value is -2.26. The minimum Gasteiger partial charge on any atom is -0.455 e. The second kappa shape index (κ2) is 3.89. The van der Waals surface area contributed by atoms with Crippen molar-refractivity contribution in [2.45, 2.75) is 0 Å². The van der Waals surface area contributed by atoms with Gasteiger partial charge in [0, 0.05) is 26.1 Å². The van der Waals surface area contributed by atoms with Gasteiger partial charge >= 0.3 is 0 Å². The molecule has 3 heteroatoms. The van der Waals surface area contributed by atoms with Crippen molar-refractivity contribution in [2.24, 2.45) is 0 Å². The first-order chi connectivity index (χ1) is 10.3. The number of hydrogen-bond acceptors (Lipinski definition) is 1. The van der Waals surface area contributed by atoms with Crippen molar-refractivity contribution in [3.05, 3.63) is 59.1 Å². The predicted molar refractivity (Wildman–Crippen MR) is 90.8 cm³/mol. The van der Waals surface area contributed by atoms with Gasteiger partial charge in [-0.2, -0.15) is 0 Å². The second-order valence-electron chi connectivity index (χ2n) is 5.25. The molecule has 2 nitrogen and oxygen atoms in total. The summed E-state index contributed by atoms with van der Waals surface area (Å²) in [5, 5.41) is 4.64. The largest absolute Gasteiger partial charge is 0.455 e.